The van der Waals surface area contributed by atoms with Crippen molar-refractivity contribution in [1.82, 2.24) is 39.2 Å². The van der Waals surface area contributed by atoms with E-state index >= 15 is 0 Å². The second kappa shape index (κ2) is 11.8. The van der Waals surface area contributed by atoms with Crippen LogP contribution in [0.5, 0.6) is 0 Å². The predicted octanol–water partition coefficient (Wildman–Crippen LogP) is 4.34. The number of carbonyl (C=O) groups excluding carboxylic acids is 1. The highest BCUT2D eigenvalue weighted by atomic mass is 32.1. The van der Waals surface area contributed by atoms with E-state index < -0.39 is 12.2 Å². The minimum atomic E-state index is -2.75. The van der Waals surface area contributed by atoms with Gasteiger partial charge >= 0.3 is 12.6 Å². The molecule has 0 saturated carbocycles. The number of halogens is 2. The Morgan fingerprint density at radius 3 is 2.67 bits per heavy atom. The molecule has 6 rings (SSSR count). The van der Waals surface area contributed by atoms with E-state index in [1.165, 1.54) is 18.7 Å². The Kier molecular flexibility index (Phi) is 7.96. The summed E-state index contributed by atoms with van der Waals surface area (Å²) in [4.78, 5) is 35.8. The zero-order valence-corrected chi connectivity index (χ0v) is 24.9. The molecule has 4 aromatic rings. The van der Waals surface area contributed by atoms with Crippen molar-refractivity contribution >= 4 is 45.9 Å². The number of aromatic nitrogens is 7. The molecule has 13 nitrogen and oxygen atoms in total. The number of hydrogen-bond acceptors (Lipinski definition) is 11. The van der Waals surface area contributed by atoms with Crippen LogP contribution in [0.3, 0.4) is 0 Å². The number of carbonyl (C=O) groups is 1. The fraction of sp³-hybridized carbons (Fsp3) is 0.481. The van der Waals surface area contributed by atoms with Gasteiger partial charge in [0.15, 0.2) is 17.0 Å². The lowest BCUT2D eigenvalue weighted by molar-refractivity contribution is 0.0270. The summed E-state index contributed by atoms with van der Waals surface area (Å²) in [5.74, 6) is 0.996. The number of anilines is 2. The molecule has 6 heterocycles. The van der Waals surface area contributed by atoms with Crippen molar-refractivity contribution < 1.29 is 23.0 Å². The van der Waals surface area contributed by atoms with Crippen LogP contribution in [-0.4, -0.2) is 90.3 Å². The number of fused-ring (bicyclic) bond motifs is 1. The molecular formula is C27H32F2N10O3S. The highest BCUT2D eigenvalue weighted by molar-refractivity contribution is 7.12. The number of hydrogen-bond donors (Lipinski definition) is 1. The van der Waals surface area contributed by atoms with Crippen molar-refractivity contribution in [3.8, 4) is 5.69 Å². The molecule has 0 radical (unpaired) electrons. The first kappa shape index (κ1) is 28.9. The van der Waals surface area contributed by atoms with Gasteiger partial charge in [-0.05, 0) is 32.8 Å². The Labute approximate surface area is 250 Å². The minimum absolute atomic E-state index is 0.310. The molecule has 0 bridgehead atoms. The highest BCUT2D eigenvalue weighted by Crippen LogP contribution is 2.30. The van der Waals surface area contributed by atoms with Gasteiger partial charge < -0.3 is 24.6 Å². The third-order valence-electron chi connectivity index (χ3n) is 6.88. The number of rotatable bonds is 7. The van der Waals surface area contributed by atoms with Gasteiger partial charge in [-0.15, -0.1) is 11.3 Å². The second-order valence-electron chi connectivity index (χ2n) is 11.1. The summed E-state index contributed by atoms with van der Waals surface area (Å²) in [7, 11) is 0. The number of nitrogens with one attached hydrogen (secondary N) is 1. The number of alkyl halides is 2. The maximum absolute atomic E-state index is 13.2. The van der Waals surface area contributed by atoms with Gasteiger partial charge in [-0.3, -0.25) is 4.57 Å². The van der Waals surface area contributed by atoms with E-state index in [1.54, 1.807) is 20.8 Å². The van der Waals surface area contributed by atoms with Crippen LogP contribution in [0.2, 0.25) is 0 Å². The summed E-state index contributed by atoms with van der Waals surface area (Å²) in [5.41, 5.74) is 1.99. The lowest BCUT2D eigenvalue weighted by Gasteiger charge is -2.29. The molecule has 0 aromatic carbocycles. The first-order chi connectivity index (χ1) is 20.6. The third-order valence-corrected chi connectivity index (χ3v) is 7.96. The molecule has 1 N–H and O–H groups in total. The summed E-state index contributed by atoms with van der Waals surface area (Å²) < 4.78 is 39.6. The first-order valence-corrected chi connectivity index (χ1v) is 14.7. The molecule has 0 spiro atoms. The topological polar surface area (TPSA) is 128 Å². The van der Waals surface area contributed by atoms with Crippen molar-refractivity contribution in [2.75, 3.05) is 49.6 Å². The van der Waals surface area contributed by atoms with E-state index in [4.69, 9.17) is 19.4 Å². The Bertz CT molecular complexity index is 1640. The zero-order valence-electron chi connectivity index (χ0n) is 24.0. The van der Waals surface area contributed by atoms with E-state index in [1.807, 2.05) is 37.9 Å². The van der Waals surface area contributed by atoms with Crippen molar-refractivity contribution in [1.29, 1.82) is 0 Å². The van der Waals surface area contributed by atoms with Crippen LogP contribution in [0.25, 0.3) is 22.4 Å². The van der Waals surface area contributed by atoms with Crippen LogP contribution < -0.4 is 10.2 Å². The monoisotopic (exact) mass is 614 g/mol. The minimum Gasteiger partial charge on any atom is -0.444 e. The molecule has 0 unspecified atom stereocenters. The standard InChI is InChI=1S/C27H32F2N10O3S/c1-27(2,3)42-26(40)37-6-4-17(5-7-37)19-13-30-20(43-19)14-31-22-21-23(35-25(34-22)36-8-10-41-11-9-36)38(16-32-21)18-12-33-39(15-18)24(28)29/h4,12-13,15-16,24H,5-11,14H2,1-3H3,(H,31,34,35). The lowest BCUT2D eigenvalue weighted by Crippen LogP contribution is -2.39. The predicted molar refractivity (Wildman–Crippen MR) is 157 cm³/mol. The van der Waals surface area contributed by atoms with Gasteiger partial charge in [0.2, 0.25) is 5.95 Å². The summed E-state index contributed by atoms with van der Waals surface area (Å²) in [6, 6.07) is 0. The number of amides is 1. The second-order valence-corrected chi connectivity index (χ2v) is 12.2. The van der Waals surface area contributed by atoms with Crippen LogP contribution in [0.15, 0.2) is 31.0 Å². The average molecular weight is 615 g/mol. The quantitative estimate of drug-likeness (QED) is 0.321. The number of nitrogens with zero attached hydrogens (tertiary/aromatic N) is 9. The van der Waals surface area contributed by atoms with Crippen molar-refractivity contribution in [3.63, 3.8) is 0 Å². The molecule has 0 aliphatic carbocycles. The number of ether oxygens (including phenoxy) is 2. The Morgan fingerprint density at radius 2 is 1.98 bits per heavy atom. The first-order valence-electron chi connectivity index (χ1n) is 13.9. The van der Waals surface area contributed by atoms with E-state index in [0.717, 1.165) is 15.5 Å². The van der Waals surface area contributed by atoms with Crippen LogP contribution in [0, 0.1) is 0 Å². The number of thiazole rings is 1. The van der Waals surface area contributed by atoms with Crippen molar-refractivity contribution in [2.45, 2.75) is 45.9 Å². The van der Waals surface area contributed by atoms with Crippen LogP contribution in [0.1, 0.15) is 43.6 Å². The summed E-state index contributed by atoms with van der Waals surface area (Å²) in [5, 5.41) is 7.97. The smallest absolute Gasteiger partial charge is 0.410 e. The van der Waals surface area contributed by atoms with Crippen molar-refractivity contribution in [2.24, 2.45) is 0 Å². The van der Waals surface area contributed by atoms with Gasteiger partial charge in [0.1, 0.15) is 16.9 Å². The maximum Gasteiger partial charge on any atom is 0.410 e. The lowest BCUT2D eigenvalue weighted by atomic mass is 10.1. The van der Waals surface area contributed by atoms with Crippen molar-refractivity contribution in [3.05, 3.63) is 40.9 Å². The molecule has 228 valence electrons. The molecule has 2 aliphatic rings. The van der Waals surface area contributed by atoms with E-state index in [2.05, 4.69) is 20.4 Å². The fourth-order valence-electron chi connectivity index (χ4n) is 4.75. The molecule has 1 amide bonds. The molecule has 1 fully saturated rings. The SMILES string of the molecule is CC(C)(C)OC(=O)N1CC=C(c2cnc(CNc3nc(N4CCOCC4)nc4c3ncn4-c3cnn(C(F)F)c3)s2)CC1. The summed E-state index contributed by atoms with van der Waals surface area (Å²) in [6.07, 6.45) is 8.42. The average Bonchev–Trinajstić information content (AvgIpc) is 3.75. The van der Waals surface area contributed by atoms with Gasteiger partial charge in [-0.2, -0.15) is 23.8 Å². The number of imidazole rings is 1. The molecule has 2 aliphatic heterocycles. The summed E-state index contributed by atoms with van der Waals surface area (Å²) >= 11 is 1.57. The third kappa shape index (κ3) is 6.44. The normalized spacial score (nSPS) is 16.2. The molecule has 1 saturated heterocycles. The Morgan fingerprint density at radius 1 is 1.16 bits per heavy atom. The van der Waals surface area contributed by atoms with E-state index in [-0.39, 0.29) is 6.09 Å². The molecule has 16 heteroatoms. The van der Waals surface area contributed by atoms with E-state index in [0.29, 0.717) is 85.7 Å². The largest absolute Gasteiger partial charge is 0.444 e. The van der Waals surface area contributed by atoms with Crippen LogP contribution in [0.4, 0.5) is 25.3 Å². The zero-order chi connectivity index (χ0) is 30.1. The van der Waals surface area contributed by atoms with Gasteiger partial charge in [0.25, 0.3) is 0 Å². The molecule has 0 atom stereocenters. The molecular weight excluding hydrogens is 582 g/mol. The van der Waals surface area contributed by atoms with Crippen LogP contribution >= 0.6 is 11.3 Å². The van der Waals surface area contributed by atoms with Gasteiger partial charge in [0, 0.05) is 32.4 Å². The Balaban J connectivity index is 1.21. The highest BCUT2D eigenvalue weighted by Gasteiger charge is 2.25. The molecule has 4 aromatic heterocycles. The van der Waals surface area contributed by atoms with Crippen LogP contribution in [-0.2, 0) is 16.0 Å². The number of morpholine rings is 1. The van der Waals surface area contributed by atoms with Gasteiger partial charge in [-0.1, -0.05) is 6.08 Å². The maximum atomic E-state index is 13.2. The van der Waals surface area contributed by atoms with Gasteiger partial charge in [0.05, 0.1) is 42.7 Å². The van der Waals surface area contributed by atoms with E-state index in [9.17, 15) is 13.6 Å². The molecule has 43 heavy (non-hydrogen) atoms. The summed E-state index contributed by atoms with van der Waals surface area (Å²) in [6.45, 7) is 6.63. The van der Waals surface area contributed by atoms with Gasteiger partial charge in [-0.25, -0.2) is 19.4 Å². The Hall–Kier alpha value is -4.18. The fourth-order valence-corrected chi connectivity index (χ4v) is 5.68.